The number of hydrogen-bond acceptors (Lipinski definition) is 3. The molecule has 98 valence electrons. The van der Waals surface area contributed by atoms with E-state index in [2.05, 4.69) is 0 Å². The van der Waals surface area contributed by atoms with E-state index >= 15 is 0 Å². The van der Waals surface area contributed by atoms with Crippen LogP contribution in [0.5, 0.6) is 0 Å². The number of rotatable bonds is 4. The van der Waals surface area contributed by atoms with Gasteiger partial charge in [-0.1, -0.05) is 60.7 Å². The molecule has 0 radical (unpaired) electrons. The van der Waals surface area contributed by atoms with Gasteiger partial charge in [-0.2, -0.15) is 0 Å². The average Bonchev–Trinajstić information content (AvgIpc) is 2.47. The van der Waals surface area contributed by atoms with Crippen molar-refractivity contribution in [2.75, 3.05) is 6.61 Å². The summed E-state index contributed by atoms with van der Waals surface area (Å²) in [6, 6.07) is 19.2. The summed E-state index contributed by atoms with van der Waals surface area (Å²) in [6.45, 7) is 2.05. The van der Waals surface area contributed by atoms with Crippen LogP contribution >= 0.6 is 0 Å². The molecule has 0 fully saturated rings. The zero-order chi connectivity index (χ0) is 13.5. The minimum atomic E-state index is -0.653. The molecule has 19 heavy (non-hydrogen) atoms. The largest absolute Gasteiger partial charge is 0.509 e. The molecule has 0 heterocycles. The highest BCUT2D eigenvalue weighted by atomic mass is 16.7. The molecule has 0 bridgehead atoms. The Hall–Kier alpha value is -2.29. The minimum Gasteiger partial charge on any atom is -0.435 e. The Balaban J connectivity index is 2.26. The van der Waals surface area contributed by atoms with Gasteiger partial charge in [0.15, 0.2) is 6.10 Å². The van der Waals surface area contributed by atoms with E-state index in [4.69, 9.17) is 9.47 Å². The zero-order valence-electron chi connectivity index (χ0n) is 10.8. The summed E-state index contributed by atoms with van der Waals surface area (Å²) in [5.41, 5.74) is 1.84. The fraction of sp³-hybridized carbons (Fsp3) is 0.188. The second-order valence-electron chi connectivity index (χ2n) is 4.00. The molecule has 0 aromatic heterocycles. The lowest BCUT2D eigenvalue weighted by Gasteiger charge is -2.18. The first-order chi connectivity index (χ1) is 9.31. The van der Waals surface area contributed by atoms with Crippen LogP contribution in [0.15, 0.2) is 60.7 Å². The summed E-state index contributed by atoms with van der Waals surface area (Å²) < 4.78 is 10.3. The average molecular weight is 256 g/mol. The fourth-order valence-electron chi connectivity index (χ4n) is 1.83. The Labute approximate surface area is 112 Å². The van der Waals surface area contributed by atoms with Crippen LogP contribution in [-0.2, 0) is 9.47 Å². The Morgan fingerprint density at radius 2 is 1.42 bits per heavy atom. The molecule has 0 N–H and O–H groups in total. The van der Waals surface area contributed by atoms with Gasteiger partial charge in [-0.3, -0.25) is 0 Å². The van der Waals surface area contributed by atoms with E-state index in [-0.39, 0.29) is 0 Å². The first kappa shape index (κ1) is 13.1. The van der Waals surface area contributed by atoms with E-state index in [0.29, 0.717) is 6.61 Å². The van der Waals surface area contributed by atoms with Crippen LogP contribution < -0.4 is 0 Å². The van der Waals surface area contributed by atoms with E-state index in [1.807, 2.05) is 60.7 Å². The van der Waals surface area contributed by atoms with E-state index in [1.54, 1.807) is 6.92 Å². The summed E-state index contributed by atoms with van der Waals surface area (Å²) >= 11 is 0. The molecule has 0 saturated carbocycles. The van der Waals surface area contributed by atoms with Gasteiger partial charge in [0.25, 0.3) is 0 Å². The van der Waals surface area contributed by atoms with Crippen LogP contribution in [0.4, 0.5) is 4.79 Å². The van der Waals surface area contributed by atoms with Gasteiger partial charge in [0.1, 0.15) is 0 Å². The molecule has 2 aromatic carbocycles. The maximum Gasteiger partial charge on any atom is 0.509 e. The van der Waals surface area contributed by atoms with Gasteiger partial charge in [0.2, 0.25) is 0 Å². The minimum absolute atomic E-state index is 0.301. The Morgan fingerprint density at radius 3 is 1.84 bits per heavy atom. The van der Waals surface area contributed by atoms with Crippen LogP contribution in [0.2, 0.25) is 0 Å². The van der Waals surface area contributed by atoms with Gasteiger partial charge < -0.3 is 9.47 Å². The third-order valence-corrected chi connectivity index (χ3v) is 2.68. The smallest absolute Gasteiger partial charge is 0.435 e. The molecule has 3 heteroatoms. The van der Waals surface area contributed by atoms with Crippen molar-refractivity contribution in [2.45, 2.75) is 13.0 Å². The number of carbonyl (C=O) groups is 1. The molecule has 0 aliphatic carbocycles. The van der Waals surface area contributed by atoms with Gasteiger partial charge in [-0.25, -0.2) is 4.79 Å². The van der Waals surface area contributed by atoms with E-state index in [0.717, 1.165) is 11.1 Å². The lowest BCUT2D eigenvalue weighted by atomic mass is 10.0. The summed E-state index contributed by atoms with van der Waals surface area (Å²) in [4.78, 5) is 11.6. The SMILES string of the molecule is CCOC(=O)OC(c1ccccc1)c1ccccc1. The summed E-state index contributed by atoms with van der Waals surface area (Å²) in [5, 5.41) is 0. The van der Waals surface area contributed by atoms with Crippen LogP contribution in [0.1, 0.15) is 24.2 Å². The quantitative estimate of drug-likeness (QED) is 0.777. The molecule has 0 amide bonds. The van der Waals surface area contributed by atoms with Crippen molar-refractivity contribution in [1.29, 1.82) is 0 Å². The van der Waals surface area contributed by atoms with Crippen molar-refractivity contribution in [2.24, 2.45) is 0 Å². The van der Waals surface area contributed by atoms with Gasteiger partial charge >= 0.3 is 6.16 Å². The summed E-state index contributed by atoms with van der Waals surface area (Å²) in [7, 11) is 0. The maximum absolute atomic E-state index is 11.6. The standard InChI is InChI=1S/C16H16O3/c1-2-18-16(17)19-15(13-9-5-3-6-10-13)14-11-7-4-8-12-14/h3-12,15H,2H2,1H3. The summed E-state index contributed by atoms with van der Waals surface area (Å²) in [6.07, 6.45) is -1.10. The molecule has 0 unspecified atom stereocenters. The molecular weight excluding hydrogens is 240 g/mol. The Bertz CT molecular complexity index is 469. The second kappa shape index (κ2) is 6.59. The Kier molecular flexibility index (Phi) is 4.56. The van der Waals surface area contributed by atoms with Crippen LogP contribution in [0.25, 0.3) is 0 Å². The molecule has 3 nitrogen and oxygen atoms in total. The lowest BCUT2D eigenvalue weighted by Crippen LogP contribution is -2.13. The number of benzene rings is 2. The molecule has 2 rings (SSSR count). The van der Waals surface area contributed by atoms with Crippen molar-refractivity contribution in [3.8, 4) is 0 Å². The first-order valence-corrected chi connectivity index (χ1v) is 6.24. The lowest BCUT2D eigenvalue weighted by molar-refractivity contribution is 0.0379. The van der Waals surface area contributed by atoms with Crippen molar-refractivity contribution < 1.29 is 14.3 Å². The first-order valence-electron chi connectivity index (χ1n) is 6.24. The van der Waals surface area contributed by atoms with Crippen molar-refractivity contribution in [3.05, 3.63) is 71.8 Å². The van der Waals surface area contributed by atoms with Gasteiger partial charge in [-0.15, -0.1) is 0 Å². The van der Waals surface area contributed by atoms with Crippen molar-refractivity contribution in [1.82, 2.24) is 0 Å². The number of ether oxygens (including phenoxy) is 2. The second-order valence-corrected chi connectivity index (χ2v) is 4.00. The van der Waals surface area contributed by atoms with Crippen molar-refractivity contribution in [3.63, 3.8) is 0 Å². The van der Waals surface area contributed by atoms with Gasteiger partial charge in [0.05, 0.1) is 6.61 Å². The zero-order valence-corrected chi connectivity index (χ0v) is 10.8. The highest BCUT2D eigenvalue weighted by molar-refractivity contribution is 5.61. The molecule has 0 aliphatic heterocycles. The van der Waals surface area contributed by atoms with E-state index < -0.39 is 12.3 Å². The maximum atomic E-state index is 11.6. The summed E-state index contributed by atoms with van der Waals surface area (Å²) in [5.74, 6) is 0. The van der Waals surface area contributed by atoms with Crippen LogP contribution in [0, 0.1) is 0 Å². The Morgan fingerprint density at radius 1 is 0.947 bits per heavy atom. The molecule has 2 aromatic rings. The van der Waals surface area contributed by atoms with E-state index in [9.17, 15) is 4.79 Å². The molecule has 0 atom stereocenters. The monoisotopic (exact) mass is 256 g/mol. The number of hydrogen-bond donors (Lipinski definition) is 0. The normalized spacial score (nSPS) is 10.2. The van der Waals surface area contributed by atoms with Crippen LogP contribution in [-0.4, -0.2) is 12.8 Å². The predicted molar refractivity (Wildman–Crippen MR) is 72.8 cm³/mol. The third kappa shape index (κ3) is 3.58. The van der Waals surface area contributed by atoms with Crippen LogP contribution in [0.3, 0.4) is 0 Å². The third-order valence-electron chi connectivity index (χ3n) is 2.68. The molecule has 0 spiro atoms. The highest BCUT2D eigenvalue weighted by Crippen LogP contribution is 2.26. The number of carbonyl (C=O) groups excluding carboxylic acids is 1. The van der Waals surface area contributed by atoms with Crippen molar-refractivity contribution >= 4 is 6.16 Å². The molecule has 0 aliphatic rings. The highest BCUT2D eigenvalue weighted by Gasteiger charge is 2.19. The predicted octanol–water partition coefficient (Wildman–Crippen LogP) is 3.95. The van der Waals surface area contributed by atoms with E-state index in [1.165, 1.54) is 0 Å². The molecule has 0 saturated heterocycles. The fourth-order valence-corrected chi connectivity index (χ4v) is 1.83. The van der Waals surface area contributed by atoms with Gasteiger partial charge in [-0.05, 0) is 18.1 Å². The molecular formula is C16H16O3. The van der Waals surface area contributed by atoms with Gasteiger partial charge in [0, 0.05) is 0 Å². The topological polar surface area (TPSA) is 35.5 Å².